The summed E-state index contributed by atoms with van der Waals surface area (Å²) >= 11 is 0. The zero-order chi connectivity index (χ0) is 15.7. The molecule has 3 rings (SSSR count). The number of carbonyl (C=O) groups excluding carboxylic acids is 1. The summed E-state index contributed by atoms with van der Waals surface area (Å²) in [6.07, 6.45) is 0.864. The lowest BCUT2D eigenvalue weighted by Gasteiger charge is -2.23. The molecule has 2 aromatic rings. The van der Waals surface area contributed by atoms with Gasteiger partial charge in [0.1, 0.15) is 11.5 Å². The summed E-state index contributed by atoms with van der Waals surface area (Å²) in [7, 11) is -3.72. The van der Waals surface area contributed by atoms with Gasteiger partial charge in [-0.15, -0.1) is 0 Å². The molecule has 2 N–H and O–H groups in total. The molecule has 7 nitrogen and oxygen atoms in total. The van der Waals surface area contributed by atoms with Crippen molar-refractivity contribution in [1.29, 1.82) is 0 Å². The normalized spacial score (nSPS) is 17.5. The molecule has 1 aliphatic rings. The Morgan fingerprint density at radius 1 is 1.32 bits per heavy atom. The maximum absolute atomic E-state index is 12.3. The van der Waals surface area contributed by atoms with E-state index in [0.717, 1.165) is 0 Å². The molecule has 0 fully saturated rings. The first kappa shape index (κ1) is 14.6. The van der Waals surface area contributed by atoms with Crippen molar-refractivity contribution < 1.29 is 22.4 Å². The van der Waals surface area contributed by atoms with Crippen molar-refractivity contribution in [3.8, 4) is 5.75 Å². The monoisotopic (exact) mass is 322 g/mol. The number of benzene rings is 1. The fourth-order valence-electron chi connectivity index (χ4n) is 2.02. The second kappa shape index (κ2) is 5.47. The number of ether oxygens (including phenoxy) is 1. The first-order chi connectivity index (χ1) is 10.5. The minimum atomic E-state index is -3.72. The Hall–Kier alpha value is -2.32. The van der Waals surface area contributed by atoms with Gasteiger partial charge in [-0.25, -0.2) is 13.1 Å². The topological polar surface area (TPSA) is 97.6 Å². The van der Waals surface area contributed by atoms with E-state index in [4.69, 9.17) is 9.15 Å². The summed E-state index contributed by atoms with van der Waals surface area (Å²) in [4.78, 5) is 11.6. The number of sulfonamides is 1. The van der Waals surface area contributed by atoms with Crippen LogP contribution in [0.5, 0.6) is 5.75 Å². The van der Waals surface area contributed by atoms with Gasteiger partial charge in [-0.05, 0) is 37.3 Å². The van der Waals surface area contributed by atoms with Crippen LogP contribution in [0.25, 0.3) is 0 Å². The Morgan fingerprint density at radius 2 is 2.14 bits per heavy atom. The summed E-state index contributed by atoms with van der Waals surface area (Å²) in [5.41, 5.74) is 0.337. The van der Waals surface area contributed by atoms with Crippen LogP contribution in [-0.2, 0) is 21.4 Å². The van der Waals surface area contributed by atoms with E-state index >= 15 is 0 Å². The number of hydrogen-bond donors (Lipinski definition) is 2. The molecule has 22 heavy (non-hydrogen) atoms. The van der Waals surface area contributed by atoms with Crippen molar-refractivity contribution in [1.82, 2.24) is 4.72 Å². The Labute approximate surface area is 127 Å². The van der Waals surface area contributed by atoms with Crippen molar-refractivity contribution in [3.05, 3.63) is 42.4 Å². The quantitative estimate of drug-likeness (QED) is 0.888. The number of carbonyl (C=O) groups is 1. The highest BCUT2D eigenvalue weighted by molar-refractivity contribution is 7.89. The number of anilines is 1. The smallest absolute Gasteiger partial charge is 0.265 e. The number of furan rings is 1. The standard InChI is InChI=1S/C14H14N2O5S/c1-9-14(17)16-12-7-11(4-5-13(12)21-9)22(18,19)15-8-10-3-2-6-20-10/h2-7,9,15H,8H2,1H3,(H,16,17)/t9-/m1/s1. The lowest BCUT2D eigenvalue weighted by Crippen LogP contribution is -2.34. The molecule has 1 aromatic heterocycles. The molecule has 116 valence electrons. The van der Waals surface area contributed by atoms with Crippen LogP contribution in [0.3, 0.4) is 0 Å². The largest absolute Gasteiger partial charge is 0.479 e. The van der Waals surface area contributed by atoms with E-state index in [-0.39, 0.29) is 17.3 Å². The minimum absolute atomic E-state index is 0.0382. The zero-order valence-electron chi connectivity index (χ0n) is 11.7. The lowest BCUT2D eigenvalue weighted by atomic mass is 10.2. The van der Waals surface area contributed by atoms with Gasteiger partial charge in [-0.1, -0.05) is 0 Å². The van der Waals surface area contributed by atoms with Gasteiger partial charge in [0.25, 0.3) is 5.91 Å². The number of fused-ring (bicyclic) bond motifs is 1. The fraction of sp³-hybridized carbons (Fsp3) is 0.214. The van der Waals surface area contributed by atoms with E-state index in [0.29, 0.717) is 17.2 Å². The first-order valence-corrected chi connectivity index (χ1v) is 8.08. The van der Waals surface area contributed by atoms with Crippen LogP contribution < -0.4 is 14.8 Å². The van der Waals surface area contributed by atoms with E-state index < -0.39 is 16.1 Å². The number of nitrogens with one attached hydrogen (secondary N) is 2. The van der Waals surface area contributed by atoms with Gasteiger partial charge >= 0.3 is 0 Å². The lowest BCUT2D eigenvalue weighted by molar-refractivity contribution is -0.122. The molecule has 2 heterocycles. The Morgan fingerprint density at radius 3 is 2.86 bits per heavy atom. The predicted molar refractivity (Wildman–Crippen MR) is 77.9 cm³/mol. The minimum Gasteiger partial charge on any atom is -0.479 e. The highest BCUT2D eigenvalue weighted by Crippen LogP contribution is 2.31. The number of hydrogen-bond acceptors (Lipinski definition) is 5. The van der Waals surface area contributed by atoms with E-state index in [9.17, 15) is 13.2 Å². The fourth-order valence-corrected chi connectivity index (χ4v) is 3.04. The number of rotatable bonds is 4. The highest BCUT2D eigenvalue weighted by atomic mass is 32.2. The van der Waals surface area contributed by atoms with Crippen molar-refractivity contribution in [2.45, 2.75) is 24.5 Å². The maximum Gasteiger partial charge on any atom is 0.265 e. The molecule has 1 aliphatic heterocycles. The van der Waals surface area contributed by atoms with Crippen molar-refractivity contribution in [3.63, 3.8) is 0 Å². The second-order valence-corrected chi connectivity index (χ2v) is 6.58. The molecule has 0 bridgehead atoms. The van der Waals surface area contributed by atoms with Crippen molar-refractivity contribution in [2.75, 3.05) is 5.32 Å². The summed E-state index contributed by atoms with van der Waals surface area (Å²) in [5, 5.41) is 2.62. The van der Waals surface area contributed by atoms with E-state index in [1.54, 1.807) is 19.1 Å². The van der Waals surface area contributed by atoms with Crippen molar-refractivity contribution in [2.24, 2.45) is 0 Å². The maximum atomic E-state index is 12.3. The molecule has 0 spiro atoms. The van der Waals surface area contributed by atoms with Gasteiger partial charge in [0.05, 0.1) is 23.4 Å². The van der Waals surface area contributed by atoms with Gasteiger partial charge in [-0.3, -0.25) is 4.79 Å². The third-order valence-corrected chi connectivity index (χ3v) is 4.61. The average Bonchev–Trinajstić information content (AvgIpc) is 2.99. The van der Waals surface area contributed by atoms with Gasteiger partial charge in [0.2, 0.25) is 10.0 Å². The highest BCUT2D eigenvalue weighted by Gasteiger charge is 2.25. The van der Waals surface area contributed by atoms with Crippen LogP contribution >= 0.6 is 0 Å². The zero-order valence-corrected chi connectivity index (χ0v) is 12.5. The third-order valence-electron chi connectivity index (χ3n) is 3.21. The molecule has 1 atom stereocenters. The van der Waals surface area contributed by atoms with Crippen LogP contribution in [0.15, 0.2) is 45.9 Å². The average molecular weight is 322 g/mol. The Kier molecular flexibility index (Phi) is 3.63. The van der Waals surface area contributed by atoms with Crippen LogP contribution in [0, 0.1) is 0 Å². The SMILES string of the molecule is C[C@H]1Oc2ccc(S(=O)(=O)NCc3ccco3)cc2NC1=O. The molecule has 0 unspecified atom stereocenters. The van der Waals surface area contributed by atoms with E-state index in [1.807, 2.05) is 0 Å². The molecule has 0 saturated heterocycles. The molecular formula is C14H14N2O5S. The predicted octanol–water partition coefficient (Wildman–Crippen LogP) is 1.48. The van der Waals surface area contributed by atoms with Crippen LogP contribution in [0.4, 0.5) is 5.69 Å². The first-order valence-electron chi connectivity index (χ1n) is 6.59. The molecule has 0 aliphatic carbocycles. The molecule has 0 radical (unpaired) electrons. The van der Waals surface area contributed by atoms with E-state index in [2.05, 4.69) is 10.0 Å². The summed E-state index contributed by atoms with van der Waals surface area (Å²) < 4.78 is 37.4. The molecule has 1 aromatic carbocycles. The van der Waals surface area contributed by atoms with Gasteiger partial charge in [0, 0.05) is 0 Å². The summed E-state index contributed by atoms with van der Waals surface area (Å²) in [6, 6.07) is 7.66. The van der Waals surface area contributed by atoms with Gasteiger partial charge < -0.3 is 14.5 Å². The summed E-state index contributed by atoms with van der Waals surface area (Å²) in [6.45, 7) is 1.67. The van der Waals surface area contributed by atoms with Gasteiger partial charge in [-0.2, -0.15) is 0 Å². The van der Waals surface area contributed by atoms with Crippen LogP contribution in [0.2, 0.25) is 0 Å². The summed E-state index contributed by atoms with van der Waals surface area (Å²) in [5.74, 6) is 0.634. The third kappa shape index (κ3) is 2.83. The Bertz CT molecular complexity index is 799. The Balaban J connectivity index is 1.82. The molecular weight excluding hydrogens is 308 g/mol. The van der Waals surface area contributed by atoms with Crippen molar-refractivity contribution >= 4 is 21.6 Å². The second-order valence-electron chi connectivity index (χ2n) is 4.81. The molecule has 1 amide bonds. The van der Waals surface area contributed by atoms with E-state index in [1.165, 1.54) is 24.5 Å². The van der Waals surface area contributed by atoms with Gasteiger partial charge in [0.15, 0.2) is 6.10 Å². The van der Waals surface area contributed by atoms with Crippen LogP contribution in [-0.4, -0.2) is 20.4 Å². The molecule has 0 saturated carbocycles. The van der Waals surface area contributed by atoms with Crippen LogP contribution in [0.1, 0.15) is 12.7 Å². The molecule has 8 heteroatoms. The number of amides is 1.